The second kappa shape index (κ2) is 18.9. The lowest BCUT2D eigenvalue weighted by Gasteiger charge is -2.29. The molecule has 1 aliphatic rings. The maximum atomic E-state index is 13.6. The molecule has 51 heavy (non-hydrogen) atoms. The number of hydrogen-bond donors (Lipinski definition) is 1. The average molecular weight is 768 g/mol. The zero-order valence-corrected chi connectivity index (χ0v) is 35.9. The number of carbonyl (C=O) groups excluding carboxylic acids is 3. The molecular weight excluding hydrogens is 706 g/mol. The first-order chi connectivity index (χ1) is 23.6. The normalized spacial score (nSPS) is 16.6. The highest BCUT2D eigenvalue weighted by Gasteiger charge is 2.48. The zero-order valence-electron chi connectivity index (χ0n) is 33.0. The van der Waals surface area contributed by atoms with Crippen LogP contribution in [0, 0.1) is 12.8 Å². The van der Waals surface area contributed by atoms with Crippen molar-refractivity contribution < 1.29 is 47.2 Å². The third-order valence-corrected chi connectivity index (χ3v) is 15.3. The van der Waals surface area contributed by atoms with Crippen LogP contribution >= 0.6 is 7.37 Å². The predicted octanol–water partition coefficient (Wildman–Crippen LogP) is 7.88. The van der Waals surface area contributed by atoms with Crippen LogP contribution in [0.4, 0.5) is 0 Å². The summed E-state index contributed by atoms with van der Waals surface area (Å²) in [6.45, 7) is 21.5. The Morgan fingerprint density at radius 2 is 1.65 bits per heavy atom. The quantitative estimate of drug-likeness (QED) is 0.0428. The summed E-state index contributed by atoms with van der Waals surface area (Å²) in [5.41, 5.74) is 9.96. The van der Waals surface area contributed by atoms with Gasteiger partial charge in [0.1, 0.15) is 23.7 Å². The van der Waals surface area contributed by atoms with Crippen LogP contribution in [0.1, 0.15) is 60.7 Å². The minimum Gasteiger partial charge on any atom is -0.496 e. The molecule has 1 aromatic carbocycles. The van der Waals surface area contributed by atoms with Crippen molar-refractivity contribution in [1.29, 1.82) is 0 Å². The highest BCUT2D eigenvalue weighted by Crippen LogP contribution is 2.56. The third kappa shape index (κ3) is 12.4. The van der Waals surface area contributed by atoms with E-state index in [9.17, 15) is 18.9 Å². The fraction of sp³-hybridized carbons (Fsp3) is 0.649. The summed E-state index contributed by atoms with van der Waals surface area (Å²) in [6, 6.07) is 1.76. The molecule has 1 aromatic rings. The highest BCUT2D eigenvalue weighted by molar-refractivity contribution is 7.61. The van der Waals surface area contributed by atoms with Gasteiger partial charge < -0.3 is 33.9 Å². The number of cyclic esters (lactones) is 1. The van der Waals surface area contributed by atoms with Crippen LogP contribution in [0.15, 0.2) is 23.8 Å². The molecule has 0 aliphatic carbocycles. The van der Waals surface area contributed by atoms with E-state index < -0.39 is 46.7 Å². The van der Waals surface area contributed by atoms with Gasteiger partial charge >= 0.3 is 17.9 Å². The van der Waals surface area contributed by atoms with Gasteiger partial charge in [-0.1, -0.05) is 63.1 Å². The molecule has 0 bridgehead atoms. The van der Waals surface area contributed by atoms with Gasteiger partial charge in [0.05, 0.1) is 32.8 Å². The van der Waals surface area contributed by atoms with E-state index in [0.717, 1.165) is 34.4 Å². The van der Waals surface area contributed by atoms with E-state index in [1.54, 1.807) is 26.2 Å². The summed E-state index contributed by atoms with van der Waals surface area (Å²) >= 11 is 0. The molecule has 0 amide bonds. The largest absolute Gasteiger partial charge is 0.496 e. The van der Waals surface area contributed by atoms with Gasteiger partial charge in [-0.25, -0.2) is 9.59 Å². The van der Waals surface area contributed by atoms with Crippen molar-refractivity contribution in [3.8, 4) is 11.5 Å². The van der Waals surface area contributed by atoms with Crippen molar-refractivity contribution in [2.24, 2.45) is 11.7 Å². The van der Waals surface area contributed by atoms with E-state index in [-0.39, 0.29) is 25.3 Å². The standard InChI is InChI=1S/C37H62NO10PSi2/c1-13-45-36(41)37(4,38)49(42,44-6)21-15-14-16-28(34(39)47-20-23-51(10,11)12)24-26(2)17-18-29-32(43-5)27(3)30-25-48-35(40)31(30)33(29)46-19-22-50(7,8)9/h14-15,17,28H,13,16,18-25,38H2,1-12H3. The molecule has 0 radical (unpaired) electrons. The topological polar surface area (TPSA) is 150 Å². The van der Waals surface area contributed by atoms with Crippen LogP contribution in [0.25, 0.3) is 0 Å². The Labute approximate surface area is 307 Å². The number of fused-ring (bicyclic) bond motifs is 1. The molecule has 14 heteroatoms. The minimum absolute atomic E-state index is 0.0951. The second-order valence-electron chi connectivity index (χ2n) is 15.8. The number of rotatable bonds is 21. The molecular formula is C37H62NO10PSi2. The summed E-state index contributed by atoms with van der Waals surface area (Å²) in [6.07, 6.45) is 6.42. The number of benzene rings is 1. The Bertz CT molecular complexity index is 1510. The molecule has 288 valence electrons. The minimum atomic E-state index is -3.69. The number of hydrogen-bond acceptors (Lipinski definition) is 11. The molecule has 0 saturated carbocycles. The summed E-state index contributed by atoms with van der Waals surface area (Å²) in [5.74, 6) is -0.892. The van der Waals surface area contributed by atoms with Crippen molar-refractivity contribution in [3.05, 3.63) is 46.1 Å². The summed E-state index contributed by atoms with van der Waals surface area (Å²) in [5, 5.41) is -1.83. The van der Waals surface area contributed by atoms with Crippen molar-refractivity contribution >= 4 is 41.4 Å². The Hall–Kier alpha value is -2.71. The first kappa shape index (κ1) is 44.5. The number of esters is 3. The smallest absolute Gasteiger partial charge is 0.342 e. The summed E-state index contributed by atoms with van der Waals surface area (Å²) < 4.78 is 47.4. The van der Waals surface area contributed by atoms with Gasteiger partial charge in [-0.3, -0.25) is 9.36 Å². The van der Waals surface area contributed by atoms with Gasteiger partial charge in [-0.2, -0.15) is 0 Å². The molecule has 1 aliphatic heterocycles. The molecule has 0 spiro atoms. The Balaban J connectivity index is 2.39. The first-order valence-corrected chi connectivity index (χ1v) is 26.9. The van der Waals surface area contributed by atoms with Crippen LogP contribution < -0.4 is 15.2 Å². The number of allylic oxidation sites excluding steroid dienone is 4. The highest BCUT2D eigenvalue weighted by atomic mass is 31.2. The van der Waals surface area contributed by atoms with Crippen molar-refractivity contribution in [2.75, 3.05) is 40.2 Å². The molecule has 0 fully saturated rings. The fourth-order valence-corrected chi connectivity index (χ4v) is 8.66. The summed E-state index contributed by atoms with van der Waals surface area (Å²) in [4.78, 5) is 38.8. The monoisotopic (exact) mass is 767 g/mol. The Kier molecular flexibility index (Phi) is 16.4. The molecule has 0 aromatic heterocycles. The van der Waals surface area contributed by atoms with Crippen LogP contribution in [0.2, 0.25) is 51.4 Å². The van der Waals surface area contributed by atoms with E-state index >= 15 is 0 Å². The van der Waals surface area contributed by atoms with Gasteiger partial charge in [0, 0.05) is 40.5 Å². The van der Waals surface area contributed by atoms with E-state index in [2.05, 4.69) is 39.3 Å². The number of ether oxygens (including phenoxy) is 5. The first-order valence-electron chi connectivity index (χ1n) is 17.7. The SMILES string of the molecule is CCOC(=O)C(C)(N)P(=O)(CC=CCC(CC(C)=CCc1c(OC)c(C)c2c(c1OCC[Si](C)(C)C)C(=O)OC2)C(=O)OCC[Si](C)(C)C)OC. The van der Waals surface area contributed by atoms with E-state index in [1.165, 1.54) is 14.0 Å². The van der Waals surface area contributed by atoms with Crippen molar-refractivity contribution in [2.45, 2.75) is 110 Å². The zero-order chi connectivity index (χ0) is 38.8. The van der Waals surface area contributed by atoms with E-state index in [0.29, 0.717) is 49.5 Å². The lowest BCUT2D eigenvalue weighted by Crippen LogP contribution is -2.46. The Morgan fingerprint density at radius 1 is 1.02 bits per heavy atom. The van der Waals surface area contributed by atoms with Crippen LogP contribution in [-0.2, 0) is 45.9 Å². The molecule has 3 atom stereocenters. The number of carbonyl (C=O) groups is 3. The van der Waals surface area contributed by atoms with Gasteiger partial charge in [-0.15, -0.1) is 0 Å². The maximum absolute atomic E-state index is 13.6. The predicted molar refractivity (Wildman–Crippen MR) is 208 cm³/mol. The molecule has 11 nitrogen and oxygen atoms in total. The number of methoxy groups -OCH3 is 1. The molecule has 2 N–H and O–H groups in total. The lowest BCUT2D eigenvalue weighted by molar-refractivity contribution is -0.148. The number of nitrogens with two attached hydrogens (primary N) is 1. The van der Waals surface area contributed by atoms with Crippen LogP contribution in [0.3, 0.4) is 0 Å². The van der Waals surface area contributed by atoms with Crippen LogP contribution in [-0.4, -0.2) is 79.5 Å². The maximum Gasteiger partial charge on any atom is 0.342 e. The van der Waals surface area contributed by atoms with Crippen molar-refractivity contribution in [3.63, 3.8) is 0 Å². The van der Waals surface area contributed by atoms with Crippen LogP contribution in [0.5, 0.6) is 11.5 Å². The molecule has 1 heterocycles. The fourth-order valence-electron chi connectivity index (χ4n) is 5.56. The average Bonchev–Trinajstić information content (AvgIpc) is 3.42. The Morgan fingerprint density at radius 3 is 2.22 bits per heavy atom. The second-order valence-corrected chi connectivity index (χ2v) is 30.1. The lowest BCUT2D eigenvalue weighted by atomic mass is 9.93. The molecule has 2 rings (SSSR count). The third-order valence-electron chi connectivity index (χ3n) is 9.00. The van der Waals surface area contributed by atoms with Gasteiger partial charge in [0.25, 0.3) is 0 Å². The van der Waals surface area contributed by atoms with Gasteiger partial charge in [0.15, 0.2) is 5.28 Å². The molecule has 0 saturated heterocycles. The van der Waals surface area contributed by atoms with Gasteiger partial charge in [-0.05, 0) is 64.6 Å². The summed E-state index contributed by atoms with van der Waals surface area (Å²) in [7, 11) is -3.67. The van der Waals surface area contributed by atoms with E-state index in [1.807, 2.05) is 19.9 Å². The van der Waals surface area contributed by atoms with Crippen molar-refractivity contribution in [1.82, 2.24) is 0 Å². The van der Waals surface area contributed by atoms with E-state index in [4.69, 9.17) is 33.9 Å². The van der Waals surface area contributed by atoms with Gasteiger partial charge in [0.2, 0.25) is 7.37 Å². The molecule has 3 unspecified atom stereocenters.